The Hall–Kier alpha value is -4.39. The standard InChI is InChI=1S/C31H34F3N7O3/c1-16-27(17(2)38-26(37-16)14-25(35)43)20-5-6-21(15-42)23(13-20)41-11-9-19(10-12-41)30(44)40-29(36)22-7-8-24(31(32,33)34)39-28(22)18-3-4-18/h5-8,13,18-19,42H,3-4,9-12,14-15H2,1-2H3,(H2,35,43)(H2,36,40,44). The molecular formula is C31H34F3N7O3. The minimum atomic E-state index is -4.57. The van der Waals surface area contributed by atoms with Crippen molar-refractivity contribution in [1.29, 1.82) is 0 Å². The molecule has 3 aromatic rings. The van der Waals surface area contributed by atoms with Crippen molar-refractivity contribution in [3.63, 3.8) is 0 Å². The number of aliphatic hydroxyl groups is 1. The van der Waals surface area contributed by atoms with Crippen molar-refractivity contribution in [1.82, 2.24) is 15.0 Å². The Balaban J connectivity index is 1.32. The second-order valence-corrected chi connectivity index (χ2v) is 11.3. The number of piperidine rings is 1. The molecule has 13 heteroatoms. The number of hydrogen-bond acceptors (Lipinski definition) is 7. The molecule has 5 N–H and O–H groups in total. The number of amidine groups is 1. The third-order valence-electron chi connectivity index (χ3n) is 8.06. The van der Waals surface area contributed by atoms with E-state index in [9.17, 15) is 27.9 Å². The van der Waals surface area contributed by atoms with Crippen LogP contribution < -0.4 is 16.4 Å². The van der Waals surface area contributed by atoms with Gasteiger partial charge in [0.15, 0.2) is 0 Å². The van der Waals surface area contributed by atoms with E-state index >= 15 is 0 Å². The first-order chi connectivity index (χ1) is 20.8. The van der Waals surface area contributed by atoms with Gasteiger partial charge >= 0.3 is 6.18 Å². The van der Waals surface area contributed by atoms with Crippen molar-refractivity contribution in [2.24, 2.45) is 22.4 Å². The zero-order valence-electron chi connectivity index (χ0n) is 24.5. The predicted octanol–water partition coefficient (Wildman–Crippen LogP) is 3.72. The Morgan fingerprint density at radius 3 is 2.23 bits per heavy atom. The summed E-state index contributed by atoms with van der Waals surface area (Å²) in [4.78, 5) is 43.4. The number of pyridine rings is 1. The fourth-order valence-electron chi connectivity index (χ4n) is 5.74. The molecule has 2 amide bonds. The number of primary amides is 1. The van der Waals surface area contributed by atoms with Crippen LogP contribution in [-0.2, 0) is 28.8 Å². The summed E-state index contributed by atoms with van der Waals surface area (Å²) in [6.07, 6.45) is -2.24. The van der Waals surface area contributed by atoms with Gasteiger partial charge in [-0.15, -0.1) is 0 Å². The van der Waals surface area contributed by atoms with Crippen LogP contribution in [0.5, 0.6) is 0 Å². The summed E-state index contributed by atoms with van der Waals surface area (Å²) >= 11 is 0. The van der Waals surface area contributed by atoms with Crippen LogP contribution in [0.3, 0.4) is 0 Å². The van der Waals surface area contributed by atoms with Crippen molar-refractivity contribution < 1.29 is 27.9 Å². The van der Waals surface area contributed by atoms with Crippen LogP contribution >= 0.6 is 0 Å². The third kappa shape index (κ3) is 6.72. The highest BCUT2D eigenvalue weighted by Crippen LogP contribution is 2.42. The molecule has 10 nitrogen and oxygen atoms in total. The van der Waals surface area contributed by atoms with Crippen LogP contribution in [0, 0.1) is 19.8 Å². The third-order valence-corrected chi connectivity index (χ3v) is 8.06. The number of carbonyl (C=O) groups excluding carboxylic acids is 2. The number of aryl methyl sites for hydroxylation is 2. The zero-order chi connectivity index (χ0) is 31.8. The average molecular weight is 610 g/mol. The van der Waals surface area contributed by atoms with Crippen LogP contribution in [0.1, 0.15) is 71.3 Å². The number of aliphatic hydroxyl groups excluding tert-OH is 1. The van der Waals surface area contributed by atoms with E-state index in [1.165, 1.54) is 6.07 Å². The van der Waals surface area contributed by atoms with Crippen molar-refractivity contribution in [2.45, 2.75) is 64.7 Å². The van der Waals surface area contributed by atoms with Gasteiger partial charge in [-0.1, -0.05) is 12.1 Å². The van der Waals surface area contributed by atoms with E-state index < -0.39 is 29.6 Å². The van der Waals surface area contributed by atoms with E-state index in [0.717, 1.165) is 28.4 Å². The maximum atomic E-state index is 13.2. The lowest BCUT2D eigenvalue weighted by atomic mass is 9.94. The lowest BCUT2D eigenvalue weighted by Gasteiger charge is -2.34. The van der Waals surface area contributed by atoms with Gasteiger partial charge < -0.3 is 21.5 Å². The van der Waals surface area contributed by atoms with Crippen molar-refractivity contribution >= 4 is 23.3 Å². The largest absolute Gasteiger partial charge is 0.433 e. The van der Waals surface area contributed by atoms with E-state index in [1.54, 1.807) is 0 Å². The zero-order valence-corrected chi connectivity index (χ0v) is 24.5. The second kappa shape index (κ2) is 12.3. The highest BCUT2D eigenvalue weighted by atomic mass is 19.4. The lowest BCUT2D eigenvalue weighted by Crippen LogP contribution is -2.37. The minimum absolute atomic E-state index is 0.0527. The quantitative estimate of drug-likeness (QED) is 0.257. The number of amides is 2. The Morgan fingerprint density at radius 2 is 1.66 bits per heavy atom. The molecule has 1 aliphatic carbocycles. The van der Waals surface area contributed by atoms with Crippen LogP contribution in [0.15, 0.2) is 35.3 Å². The maximum Gasteiger partial charge on any atom is 0.433 e. The summed E-state index contributed by atoms with van der Waals surface area (Å²) in [5.74, 6) is -1.22. The Labute approximate surface area is 252 Å². The van der Waals surface area contributed by atoms with E-state index in [0.29, 0.717) is 56.0 Å². The average Bonchev–Trinajstić information content (AvgIpc) is 3.81. The maximum absolute atomic E-state index is 13.2. The molecule has 232 valence electrons. The summed E-state index contributed by atoms with van der Waals surface area (Å²) in [6.45, 7) is 4.54. The summed E-state index contributed by atoms with van der Waals surface area (Å²) in [5, 5.41) is 10.1. The molecule has 0 bridgehead atoms. The van der Waals surface area contributed by atoms with E-state index in [-0.39, 0.29) is 36.0 Å². The normalized spacial score (nSPS) is 16.3. The first-order valence-electron chi connectivity index (χ1n) is 14.4. The van der Waals surface area contributed by atoms with Gasteiger partial charge in [0.2, 0.25) is 5.91 Å². The van der Waals surface area contributed by atoms with E-state index in [4.69, 9.17) is 11.5 Å². The topological polar surface area (TPSA) is 161 Å². The van der Waals surface area contributed by atoms with Crippen LogP contribution in [0.4, 0.5) is 18.9 Å². The van der Waals surface area contributed by atoms with Gasteiger partial charge in [0.25, 0.3) is 5.91 Å². The second-order valence-electron chi connectivity index (χ2n) is 11.3. The minimum Gasteiger partial charge on any atom is -0.392 e. The summed E-state index contributed by atoms with van der Waals surface area (Å²) < 4.78 is 39.7. The monoisotopic (exact) mass is 609 g/mol. The van der Waals surface area contributed by atoms with Crippen molar-refractivity contribution in [3.05, 3.63) is 70.1 Å². The van der Waals surface area contributed by atoms with Crippen molar-refractivity contribution in [3.8, 4) is 11.1 Å². The molecule has 2 aromatic heterocycles. The number of nitrogens with two attached hydrogens (primary N) is 2. The number of aromatic nitrogens is 3. The number of alkyl halides is 3. The van der Waals surface area contributed by atoms with Crippen LogP contribution in [0.2, 0.25) is 0 Å². The number of aliphatic imine (C=N–C) groups is 1. The van der Waals surface area contributed by atoms with Gasteiger partial charge in [-0.2, -0.15) is 18.2 Å². The Kier molecular flexibility index (Phi) is 8.69. The van der Waals surface area contributed by atoms with Gasteiger partial charge in [0.1, 0.15) is 17.4 Å². The molecule has 0 unspecified atom stereocenters. The molecule has 1 aliphatic heterocycles. The molecule has 1 aromatic carbocycles. The Morgan fingerprint density at radius 1 is 1.00 bits per heavy atom. The van der Waals surface area contributed by atoms with E-state index in [2.05, 4.69) is 24.8 Å². The van der Waals surface area contributed by atoms with Crippen LogP contribution in [0.25, 0.3) is 11.1 Å². The summed E-state index contributed by atoms with van der Waals surface area (Å²) in [6, 6.07) is 7.82. The highest BCUT2D eigenvalue weighted by Gasteiger charge is 2.36. The first kappa shape index (κ1) is 31.0. The molecule has 2 fully saturated rings. The lowest BCUT2D eigenvalue weighted by molar-refractivity contribution is -0.141. The molecular weight excluding hydrogens is 575 g/mol. The molecule has 1 saturated carbocycles. The van der Waals surface area contributed by atoms with E-state index in [1.807, 2.05) is 32.0 Å². The van der Waals surface area contributed by atoms with Gasteiger partial charge in [-0.25, -0.2) is 15.0 Å². The molecule has 0 spiro atoms. The molecule has 0 radical (unpaired) electrons. The first-order valence-corrected chi connectivity index (χ1v) is 14.4. The highest BCUT2D eigenvalue weighted by molar-refractivity contribution is 6.05. The number of rotatable bonds is 8. The Bertz CT molecular complexity index is 1610. The number of anilines is 1. The predicted molar refractivity (Wildman–Crippen MR) is 158 cm³/mol. The summed E-state index contributed by atoms with van der Waals surface area (Å²) in [7, 11) is 0. The number of hydrogen-bond donors (Lipinski definition) is 3. The van der Waals surface area contributed by atoms with Crippen molar-refractivity contribution in [2.75, 3.05) is 18.0 Å². The smallest absolute Gasteiger partial charge is 0.392 e. The number of carbonyl (C=O) groups is 2. The molecule has 2 aliphatic rings. The number of benzene rings is 1. The molecule has 3 heterocycles. The van der Waals surface area contributed by atoms with Gasteiger partial charge in [-0.3, -0.25) is 9.59 Å². The molecule has 1 saturated heterocycles. The number of halogens is 3. The number of nitrogens with zero attached hydrogens (tertiary/aromatic N) is 5. The molecule has 44 heavy (non-hydrogen) atoms. The molecule has 5 rings (SSSR count). The SMILES string of the molecule is Cc1nc(CC(N)=O)nc(C)c1-c1ccc(CO)c(N2CCC(C(=O)N=C(N)c3ccc(C(F)(F)F)nc3C3CC3)CC2)c1. The fraction of sp³-hybridized carbons (Fsp3) is 0.419. The van der Waals surface area contributed by atoms with Gasteiger partial charge in [0.05, 0.1) is 18.7 Å². The molecule has 0 atom stereocenters. The summed E-state index contributed by atoms with van der Waals surface area (Å²) in [5.41, 5.74) is 15.6. The van der Waals surface area contributed by atoms with Gasteiger partial charge in [-0.05, 0) is 63.3 Å². The fourth-order valence-corrected chi connectivity index (χ4v) is 5.74. The van der Waals surface area contributed by atoms with Crippen LogP contribution in [-0.4, -0.2) is 50.8 Å². The van der Waals surface area contributed by atoms with Gasteiger partial charge in [0, 0.05) is 58.7 Å².